The van der Waals surface area contributed by atoms with Crippen molar-refractivity contribution in [1.29, 1.82) is 0 Å². The van der Waals surface area contributed by atoms with Gasteiger partial charge >= 0.3 is 5.97 Å². The van der Waals surface area contributed by atoms with Gasteiger partial charge in [-0.15, -0.1) is 0 Å². The molecule has 0 saturated heterocycles. The SMILES string of the molecule is COCCCS(=O)(=O)NCC(=O)N[C@H](C)C(=O)O. The van der Waals surface area contributed by atoms with E-state index in [0.717, 1.165) is 0 Å². The fraction of sp³-hybridized carbons (Fsp3) is 0.778. The number of amides is 1. The largest absolute Gasteiger partial charge is 0.480 e. The summed E-state index contributed by atoms with van der Waals surface area (Å²) in [6.07, 6.45) is 0.318. The molecule has 0 aromatic carbocycles. The van der Waals surface area contributed by atoms with E-state index in [9.17, 15) is 18.0 Å². The number of hydrogen-bond acceptors (Lipinski definition) is 5. The number of carbonyl (C=O) groups is 2. The molecule has 1 atom stereocenters. The van der Waals surface area contributed by atoms with Crippen LogP contribution in [0.15, 0.2) is 0 Å². The smallest absolute Gasteiger partial charge is 0.325 e. The average molecular weight is 282 g/mol. The maximum atomic E-state index is 11.4. The Kier molecular flexibility index (Phi) is 7.48. The fourth-order valence-corrected chi connectivity index (χ4v) is 1.99. The molecule has 0 radical (unpaired) electrons. The van der Waals surface area contributed by atoms with E-state index in [4.69, 9.17) is 9.84 Å². The van der Waals surface area contributed by atoms with E-state index in [2.05, 4.69) is 10.0 Å². The fourth-order valence-electron chi connectivity index (χ4n) is 0.995. The zero-order valence-electron chi connectivity index (χ0n) is 10.3. The zero-order chi connectivity index (χ0) is 14.2. The van der Waals surface area contributed by atoms with Crippen LogP contribution in [0.3, 0.4) is 0 Å². The van der Waals surface area contributed by atoms with Crippen molar-refractivity contribution in [2.75, 3.05) is 26.0 Å². The normalized spacial score (nSPS) is 13.0. The molecular formula is C9H18N2O6S. The summed E-state index contributed by atoms with van der Waals surface area (Å²) in [4.78, 5) is 21.7. The van der Waals surface area contributed by atoms with Crippen molar-refractivity contribution in [1.82, 2.24) is 10.0 Å². The van der Waals surface area contributed by atoms with Crippen molar-refractivity contribution in [3.8, 4) is 0 Å². The lowest BCUT2D eigenvalue weighted by Crippen LogP contribution is -2.44. The van der Waals surface area contributed by atoms with Gasteiger partial charge in [0.1, 0.15) is 6.04 Å². The van der Waals surface area contributed by atoms with Gasteiger partial charge in [0, 0.05) is 13.7 Å². The van der Waals surface area contributed by atoms with Crippen molar-refractivity contribution in [2.24, 2.45) is 0 Å². The van der Waals surface area contributed by atoms with Crippen molar-refractivity contribution >= 4 is 21.9 Å². The highest BCUT2D eigenvalue weighted by Crippen LogP contribution is 1.90. The van der Waals surface area contributed by atoms with Gasteiger partial charge in [-0.3, -0.25) is 9.59 Å². The first-order chi connectivity index (χ1) is 8.28. The third-order valence-corrected chi connectivity index (χ3v) is 3.37. The van der Waals surface area contributed by atoms with E-state index >= 15 is 0 Å². The molecule has 0 bridgehead atoms. The van der Waals surface area contributed by atoms with Crippen LogP contribution in [0, 0.1) is 0 Å². The van der Waals surface area contributed by atoms with E-state index in [-0.39, 0.29) is 5.75 Å². The summed E-state index contributed by atoms with van der Waals surface area (Å²) >= 11 is 0. The van der Waals surface area contributed by atoms with Crippen molar-refractivity contribution in [3.05, 3.63) is 0 Å². The van der Waals surface area contributed by atoms with Gasteiger partial charge in [-0.25, -0.2) is 13.1 Å². The Bertz CT molecular complexity index is 381. The molecular weight excluding hydrogens is 264 g/mol. The quantitative estimate of drug-likeness (QED) is 0.444. The molecule has 9 heteroatoms. The summed E-state index contributed by atoms with van der Waals surface area (Å²) < 4.78 is 29.5. The highest BCUT2D eigenvalue weighted by atomic mass is 32.2. The molecule has 0 rings (SSSR count). The van der Waals surface area contributed by atoms with Gasteiger partial charge < -0.3 is 15.2 Å². The van der Waals surface area contributed by atoms with Gasteiger partial charge in [0.15, 0.2) is 0 Å². The summed E-state index contributed by atoms with van der Waals surface area (Å²) in [5.41, 5.74) is 0. The predicted octanol–water partition coefficient (Wildman–Crippen LogP) is -1.47. The maximum Gasteiger partial charge on any atom is 0.325 e. The number of rotatable bonds is 9. The lowest BCUT2D eigenvalue weighted by molar-refractivity contribution is -0.141. The Labute approximate surface area is 106 Å². The second kappa shape index (κ2) is 8.01. The van der Waals surface area contributed by atoms with E-state index in [1.165, 1.54) is 14.0 Å². The topological polar surface area (TPSA) is 122 Å². The van der Waals surface area contributed by atoms with Crippen LogP contribution in [-0.2, 0) is 24.3 Å². The van der Waals surface area contributed by atoms with E-state index in [1.54, 1.807) is 0 Å². The molecule has 0 saturated carbocycles. The van der Waals surface area contributed by atoms with Crippen LogP contribution in [0.1, 0.15) is 13.3 Å². The Balaban J connectivity index is 4.00. The van der Waals surface area contributed by atoms with E-state index < -0.39 is 34.5 Å². The molecule has 3 N–H and O–H groups in total. The highest BCUT2D eigenvalue weighted by molar-refractivity contribution is 7.89. The minimum atomic E-state index is -3.54. The van der Waals surface area contributed by atoms with Crippen LogP contribution in [0.4, 0.5) is 0 Å². The van der Waals surface area contributed by atoms with E-state index in [1.807, 2.05) is 0 Å². The number of carbonyl (C=O) groups excluding carboxylic acids is 1. The first-order valence-corrected chi connectivity index (χ1v) is 6.92. The Morgan fingerprint density at radius 2 is 2.00 bits per heavy atom. The number of ether oxygens (including phenoxy) is 1. The number of aliphatic carboxylic acids is 1. The van der Waals surface area contributed by atoms with Crippen LogP contribution in [0.2, 0.25) is 0 Å². The van der Waals surface area contributed by atoms with Crippen LogP contribution < -0.4 is 10.0 Å². The van der Waals surface area contributed by atoms with Gasteiger partial charge in [-0.1, -0.05) is 0 Å². The predicted molar refractivity (Wildman–Crippen MR) is 63.5 cm³/mol. The van der Waals surface area contributed by atoms with Crippen LogP contribution in [0.25, 0.3) is 0 Å². The van der Waals surface area contributed by atoms with E-state index in [0.29, 0.717) is 13.0 Å². The lowest BCUT2D eigenvalue weighted by Gasteiger charge is -2.10. The Hall–Kier alpha value is -1.19. The van der Waals surface area contributed by atoms with Gasteiger partial charge in [0.2, 0.25) is 15.9 Å². The number of methoxy groups -OCH3 is 1. The molecule has 106 valence electrons. The Morgan fingerprint density at radius 1 is 1.39 bits per heavy atom. The molecule has 1 amide bonds. The number of carboxylic acids is 1. The molecule has 0 unspecified atom stereocenters. The summed E-state index contributed by atoms with van der Waals surface area (Å²) in [6, 6.07) is -1.06. The second-order valence-electron chi connectivity index (χ2n) is 3.61. The van der Waals surface area contributed by atoms with Gasteiger partial charge in [-0.05, 0) is 13.3 Å². The minimum Gasteiger partial charge on any atom is -0.480 e. The van der Waals surface area contributed by atoms with Crippen LogP contribution >= 0.6 is 0 Å². The molecule has 0 aromatic rings. The third-order valence-electron chi connectivity index (χ3n) is 1.96. The Morgan fingerprint density at radius 3 is 2.50 bits per heavy atom. The first kappa shape index (κ1) is 16.8. The lowest BCUT2D eigenvalue weighted by atomic mass is 10.3. The highest BCUT2D eigenvalue weighted by Gasteiger charge is 2.16. The van der Waals surface area contributed by atoms with Crippen molar-refractivity contribution in [2.45, 2.75) is 19.4 Å². The molecule has 0 aromatic heterocycles. The van der Waals surface area contributed by atoms with Crippen molar-refractivity contribution < 1.29 is 27.9 Å². The number of carboxylic acid groups (broad SMARTS) is 1. The third kappa shape index (κ3) is 7.98. The molecule has 0 aliphatic rings. The molecule has 8 nitrogen and oxygen atoms in total. The summed E-state index contributed by atoms with van der Waals surface area (Å²) in [6.45, 7) is 1.11. The monoisotopic (exact) mass is 282 g/mol. The summed E-state index contributed by atoms with van der Waals surface area (Å²) in [7, 11) is -2.08. The number of nitrogens with one attached hydrogen (secondary N) is 2. The number of hydrogen-bond donors (Lipinski definition) is 3. The maximum absolute atomic E-state index is 11.4. The van der Waals surface area contributed by atoms with Crippen molar-refractivity contribution in [3.63, 3.8) is 0 Å². The number of sulfonamides is 1. The molecule has 0 spiro atoms. The molecule has 0 aliphatic heterocycles. The second-order valence-corrected chi connectivity index (χ2v) is 5.54. The van der Waals surface area contributed by atoms with Gasteiger partial charge in [0.05, 0.1) is 12.3 Å². The molecule has 0 heterocycles. The molecule has 0 fully saturated rings. The van der Waals surface area contributed by atoms with Gasteiger partial charge in [-0.2, -0.15) is 0 Å². The molecule has 0 aliphatic carbocycles. The summed E-state index contributed by atoms with van der Waals surface area (Å²) in [5.74, 6) is -2.03. The standard InChI is InChI=1S/C9H18N2O6S/c1-7(9(13)14)11-8(12)6-10-18(15,16)5-3-4-17-2/h7,10H,3-6H2,1-2H3,(H,11,12)(H,13,14)/t7-/m1/s1. The van der Waals surface area contributed by atoms with Gasteiger partial charge in [0.25, 0.3) is 0 Å². The minimum absolute atomic E-state index is 0.150. The first-order valence-electron chi connectivity index (χ1n) is 5.27. The zero-order valence-corrected chi connectivity index (χ0v) is 11.1. The molecule has 18 heavy (non-hydrogen) atoms. The average Bonchev–Trinajstić information content (AvgIpc) is 2.26. The van der Waals surface area contributed by atoms with Crippen LogP contribution in [0.5, 0.6) is 0 Å². The summed E-state index contributed by atoms with van der Waals surface area (Å²) in [5, 5.41) is 10.7. The van der Waals surface area contributed by atoms with Crippen LogP contribution in [-0.4, -0.2) is 57.5 Å².